The van der Waals surface area contributed by atoms with Crippen LogP contribution in [-0.2, 0) is 9.84 Å². The predicted octanol–water partition coefficient (Wildman–Crippen LogP) is 1.26. The normalized spacial score (nSPS) is 28.6. The van der Waals surface area contributed by atoms with Gasteiger partial charge in [0.25, 0.3) is 0 Å². The summed E-state index contributed by atoms with van der Waals surface area (Å²) >= 11 is 0. The van der Waals surface area contributed by atoms with Crippen LogP contribution < -0.4 is 0 Å². The highest BCUT2D eigenvalue weighted by atomic mass is 32.2. The Bertz CT molecular complexity index is 365. The number of nitriles is 1. The molecule has 3 nitrogen and oxygen atoms in total. The first-order chi connectivity index (χ1) is 5.93. The number of rotatable bonds is 1. The second-order valence-corrected chi connectivity index (χ2v) is 6.91. The fraction of sp³-hybridized carbons (Fsp3) is 0.889. The van der Waals surface area contributed by atoms with Crippen molar-refractivity contribution in [1.29, 1.82) is 5.26 Å². The summed E-state index contributed by atoms with van der Waals surface area (Å²) in [6.07, 6.45) is 5.77. The zero-order valence-electron chi connectivity index (χ0n) is 7.71. The molecule has 13 heavy (non-hydrogen) atoms. The Morgan fingerprint density at radius 3 is 2.08 bits per heavy atom. The van der Waals surface area contributed by atoms with Gasteiger partial charge in [-0.1, -0.05) is 6.42 Å². The molecule has 0 heterocycles. The average Bonchev–Trinajstić information content (AvgIpc) is 1.79. The minimum absolute atomic E-state index is 0.235. The fourth-order valence-corrected chi connectivity index (χ4v) is 3.92. The Morgan fingerprint density at radius 1 is 1.31 bits per heavy atom. The van der Waals surface area contributed by atoms with Crippen LogP contribution in [0.15, 0.2) is 0 Å². The predicted molar refractivity (Wildman–Crippen MR) is 48.7 cm³/mol. The Labute approximate surface area is 78.7 Å². The summed E-state index contributed by atoms with van der Waals surface area (Å²) in [4.78, 5) is 0. The third-order valence-corrected chi connectivity index (χ3v) is 5.45. The molecule has 1 spiro atoms. The van der Waals surface area contributed by atoms with Crippen LogP contribution in [0.1, 0.15) is 32.1 Å². The highest BCUT2D eigenvalue weighted by Gasteiger charge is 2.62. The summed E-state index contributed by atoms with van der Waals surface area (Å²) in [5.41, 5.74) is 0.235. The zero-order chi connectivity index (χ0) is 9.74. The first-order valence-corrected chi connectivity index (χ1v) is 6.43. The lowest BCUT2D eigenvalue weighted by Crippen LogP contribution is -2.58. The van der Waals surface area contributed by atoms with Crippen molar-refractivity contribution < 1.29 is 8.42 Å². The van der Waals surface area contributed by atoms with E-state index in [-0.39, 0.29) is 5.41 Å². The van der Waals surface area contributed by atoms with Crippen LogP contribution >= 0.6 is 0 Å². The van der Waals surface area contributed by atoms with Gasteiger partial charge in [0.1, 0.15) is 0 Å². The molecule has 2 aliphatic carbocycles. The SMILES string of the molecule is CS(=O)(=O)C1(C#N)CC2(CCC2)C1. The first kappa shape index (κ1) is 9.01. The molecule has 2 rings (SSSR count). The molecule has 0 amide bonds. The molecule has 2 saturated carbocycles. The summed E-state index contributed by atoms with van der Waals surface area (Å²) in [5.74, 6) is 0. The molecule has 2 aliphatic rings. The molecule has 0 saturated heterocycles. The lowest BCUT2D eigenvalue weighted by molar-refractivity contribution is 0.0117. The van der Waals surface area contributed by atoms with Crippen LogP contribution in [0.25, 0.3) is 0 Å². The quantitative estimate of drug-likeness (QED) is 0.638. The van der Waals surface area contributed by atoms with E-state index in [1.165, 1.54) is 12.7 Å². The van der Waals surface area contributed by atoms with Gasteiger partial charge in [0.2, 0.25) is 0 Å². The Hall–Kier alpha value is -0.560. The van der Waals surface area contributed by atoms with E-state index >= 15 is 0 Å². The van der Waals surface area contributed by atoms with Crippen LogP contribution in [0.4, 0.5) is 0 Å². The number of hydrogen-bond acceptors (Lipinski definition) is 3. The maximum atomic E-state index is 11.4. The minimum atomic E-state index is -3.19. The molecule has 0 aliphatic heterocycles. The molecule has 0 aromatic heterocycles. The van der Waals surface area contributed by atoms with E-state index in [2.05, 4.69) is 0 Å². The van der Waals surface area contributed by atoms with E-state index in [0.29, 0.717) is 12.8 Å². The molecule has 0 aromatic rings. The largest absolute Gasteiger partial charge is 0.227 e. The lowest BCUT2D eigenvalue weighted by atomic mass is 9.52. The van der Waals surface area contributed by atoms with E-state index in [9.17, 15) is 8.42 Å². The van der Waals surface area contributed by atoms with Crippen LogP contribution in [0.3, 0.4) is 0 Å². The molecule has 0 N–H and O–H groups in total. The van der Waals surface area contributed by atoms with Gasteiger partial charge in [0.15, 0.2) is 14.6 Å². The monoisotopic (exact) mass is 199 g/mol. The van der Waals surface area contributed by atoms with Crippen LogP contribution in [0.5, 0.6) is 0 Å². The molecular weight excluding hydrogens is 186 g/mol. The Morgan fingerprint density at radius 2 is 1.85 bits per heavy atom. The smallest absolute Gasteiger partial charge is 0.166 e. The van der Waals surface area contributed by atoms with Gasteiger partial charge in [0, 0.05) is 6.26 Å². The van der Waals surface area contributed by atoms with Crippen molar-refractivity contribution in [3.8, 4) is 6.07 Å². The molecule has 0 aromatic carbocycles. The molecule has 0 bridgehead atoms. The van der Waals surface area contributed by atoms with Crippen LogP contribution in [-0.4, -0.2) is 19.4 Å². The van der Waals surface area contributed by atoms with E-state index in [0.717, 1.165) is 12.8 Å². The first-order valence-electron chi connectivity index (χ1n) is 4.54. The maximum absolute atomic E-state index is 11.4. The molecule has 0 radical (unpaired) electrons. The van der Waals surface area contributed by atoms with Crippen molar-refractivity contribution in [2.24, 2.45) is 5.41 Å². The highest BCUT2D eigenvalue weighted by molar-refractivity contribution is 7.92. The van der Waals surface area contributed by atoms with Crippen molar-refractivity contribution in [1.82, 2.24) is 0 Å². The van der Waals surface area contributed by atoms with Gasteiger partial charge in [0.05, 0.1) is 6.07 Å². The van der Waals surface area contributed by atoms with Gasteiger partial charge in [-0.05, 0) is 31.1 Å². The van der Waals surface area contributed by atoms with Gasteiger partial charge in [-0.25, -0.2) is 8.42 Å². The molecule has 0 atom stereocenters. The molecule has 72 valence electrons. The number of hydrogen-bond donors (Lipinski definition) is 0. The molecular formula is C9H13NO2S. The fourth-order valence-electron chi connectivity index (χ4n) is 2.61. The Kier molecular flexibility index (Phi) is 1.57. The summed E-state index contributed by atoms with van der Waals surface area (Å²) in [6.45, 7) is 0. The van der Waals surface area contributed by atoms with Crippen LogP contribution in [0.2, 0.25) is 0 Å². The molecule has 2 fully saturated rings. The summed E-state index contributed by atoms with van der Waals surface area (Å²) in [6, 6.07) is 1.99. The van der Waals surface area contributed by atoms with Gasteiger partial charge in [-0.15, -0.1) is 0 Å². The maximum Gasteiger partial charge on any atom is 0.166 e. The van der Waals surface area contributed by atoms with Crippen molar-refractivity contribution >= 4 is 9.84 Å². The lowest BCUT2D eigenvalue weighted by Gasteiger charge is -2.57. The molecule has 4 heteroatoms. The third-order valence-electron chi connectivity index (χ3n) is 3.65. The topological polar surface area (TPSA) is 57.9 Å². The van der Waals surface area contributed by atoms with E-state index in [4.69, 9.17) is 5.26 Å². The molecule has 0 unspecified atom stereocenters. The van der Waals surface area contributed by atoms with Gasteiger partial charge in [-0.2, -0.15) is 5.26 Å². The van der Waals surface area contributed by atoms with E-state index in [1.54, 1.807) is 0 Å². The summed E-state index contributed by atoms with van der Waals surface area (Å²) in [7, 11) is -3.19. The second-order valence-electron chi connectivity index (χ2n) is 4.59. The zero-order valence-corrected chi connectivity index (χ0v) is 8.52. The Balaban J connectivity index is 2.21. The minimum Gasteiger partial charge on any atom is -0.227 e. The standard InChI is InChI=1S/C9H13NO2S/c1-13(11,12)9(7-10)5-8(6-9)3-2-4-8/h2-6H2,1H3. The van der Waals surface area contributed by atoms with E-state index < -0.39 is 14.6 Å². The number of nitrogens with zero attached hydrogens (tertiary/aromatic N) is 1. The van der Waals surface area contributed by atoms with Crippen molar-refractivity contribution in [3.63, 3.8) is 0 Å². The van der Waals surface area contributed by atoms with Gasteiger partial charge >= 0.3 is 0 Å². The van der Waals surface area contributed by atoms with E-state index in [1.807, 2.05) is 6.07 Å². The van der Waals surface area contributed by atoms with Crippen molar-refractivity contribution in [3.05, 3.63) is 0 Å². The second kappa shape index (κ2) is 2.27. The van der Waals surface area contributed by atoms with Crippen molar-refractivity contribution in [2.45, 2.75) is 36.9 Å². The third kappa shape index (κ3) is 1.03. The van der Waals surface area contributed by atoms with Gasteiger partial charge < -0.3 is 0 Å². The van der Waals surface area contributed by atoms with Gasteiger partial charge in [-0.3, -0.25) is 0 Å². The summed E-state index contributed by atoms with van der Waals surface area (Å²) < 4.78 is 21.7. The van der Waals surface area contributed by atoms with Crippen LogP contribution in [0, 0.1) is 16.7 Å². The highest BCUT2D eigenvalue weighted by Crippen LogP contribution is 2.62. The number of sulfone groups is 1. The average molecular weight is 199 g/mol. The van der Waals surface area contributed by atoms with Crippen molar-refractivity contribution in [2.75, 3.05) is 6.26 Å². The summed E-state index contributed by atoms with van der Waals surface area (Å²) in [5, 5.41) is 8.89.